The van der Waals surface area contributed by atoms with Crippen LogP contribution in [0, 0.1) is 6.92 Å². The van der Waals surface area contributed by atoms with Crippen molar-refractivity contribution in [3.63, 3.8) is 0 Å². The molecule has 7 nitrogen and oxygen atoms in total. The summed E-state index contributed by atoms with van der Waals surface area (Å²) in [7, 11) is 0. The number of amides is 2. The van der Waals surface area contributed by atoms with E-state index in [4.69, 9.17) is 19.8 Å². The number of carbonyl (C=O) groups is 3. The van der Waals surface area contributed by atoms with E-state index in [0.717, 1.165) is 6.29 Å². The van der Waals surface area contributed by atoms with Gasteiger partial charge >= 0.3 is 6.03 Å². The molecule has 0 spiro atoms. The van der Waals surface area contributed by atoms with E-state index in [0.29, 0.717) is 16.9 Å². The zero-order valence-corrected chi connectivity index (χ0v) is 12.7. The Morgan fingerprint density at radius 3 is 1.78 bits per heavy atom. The lowest BCUT2D eigenvalue weighted by Crippen LogP contribution is -2.18. The molecule has 2 aromatic carbocycles. The largest absolute Gasteiger partial charge is 0.508 e. The Kier molecular flexibility index (Phi) is 13.0. The summed E-state index contributed by atoms with van der Waals surface area (Å²) >= 11 is 0. The molecule has 2 aromatic rings. The molecule has 2 amide bonds. The Hall–Kier alpha value is -3.35. The normalized spacial score (nSPS) is 7.87. The van der Waals surface area contributed by atoms with Crippen molar-refractivity contribution >= 4 is 19.1 Å². The first-order valence-electron chi connectivity index (χ1n) is 6.20. The highest BCUT2D eigenvalue weighted by atomic mass is 16.3. The predicted octanol–water partition coefficient (Wildman–Crippen LogP) is 1.74. The summed E-state index contributed by atoms with van der Waals surface area (Å²) in [4.78, 5) is 27.3. The molecule has 7 heteroatoms. The number of benzene rings is 2. The van der Waals surface area contributed by atoms with Gasteiger partial charge in [-0.1, -0.05) is 30.3 Å². The molecule has 0 aliphatic rings. The van der Waals surface area contributed by atoms with E-state index >= 15 is 0 Å². The number of carbonyl (C=O) groups excluding carboxylic acids is 3. The average Bonchev–Trinajstić information content (AvgIpc) is 2.53. The Morgan fingerprint density at radius 2 is 1.48 bits per heavy atom. The van der Waals surface area contributed by atoms with Gasteiger partial charge in [-0.3, -0.25) is 4.79 Å². The molecule has 23 heavy (non-hydrogen) atoms. The van der Waals surface area contributed by atoms with Crippen LogP contribution in [0.25, 0.3) is 0 Å². The van der Waals surface area contributed by atoms with Crippen LogP contribution in [0.2, 0.25) is 0 Å². The molecule has 0 aliphatic carbocycles. The number of primary amides is 2. The van der Waals surface area contributed by atoms with Crippen LogP contribution in [0.4, 0.5) is 4.79 Å². The molecule has 0 unspecified atom stereocenters. The molecule has 0 saturated carbocycles. The minimum Gasteiger partial charge on any atom is -0.508 e. The summed E-state index contributed by atoms with van der Waals surface area (Å²) in [5.41, 5.74) is 9.68. The zero-order chi connectivity index (χ0) is 18.3. The topological polar surface area (TPSA) is 144 Å². The zero-order valence-electron chi connectivity index (χ0n) is 12.7. The van der Waals surface area contributed by atoms with E-state index in [1.165, 1.54) is 0 Å². The number of urea groups is 1. The molecule has 0 bridgehead atoms. The Bertz CT molecular complexity index is 584. The van der Waals surface area contributed by atoms with Crippen molar-refractivity contribution in [2.45, 2.75) is 6.92 Å². The number of aldehydes is 1. The maximum absolute atomic E-state index is 10.3. The number of rotatable bonds is 1. The van der Waals surface area contributed by atoms with Gasteiger partial charge in [-0.25, -0.2) is 4.79 Å². The molecule has 0 heterocycles. The van der Waals surface area contributed by atoms with Crippen LogP contribution in [0.3, 0.4) is 0 Å². The Balaban J connectivity index is 0. The highest BCUT2D eigenvalue weighted by Gasteiger charge is 1.98. The van der Waals surface area contributed by atoms with E-state index in [-0.39, 0.29) is 5.75 Å². The van der Waals surface area contributed by atoms with Crippen molar-refractivity contribution < 1.29 is 24.6 Å². The van der Waals surface area contributed by atoms with Crippen molar-refractivity contribution in [2.24, 2.45) is 11.5 Å². The first-order chi connectivity index (χ1) is 10.9. The van der Waals surface area contributed by atoms with Crippen LogP contribution in [0.1, 0.15) is 15.9 Å². The predicted molar refractivity (Wildman–Crippen MR) is 87.2 cm³/mol. The van der Waals surface area contributed by atoms with Crippen LogP contribution < -0.4 is 11.5 Å². The number of phenolic OH excluding ortho intramolecular Hbond substituents is 2. The van der Waals surface area contributed by atoms with Crippen LogP contribution >= 0.6 is 0 Å². The van der Waals surface area contributed by atoms with Crippen molar-refractivity contribution in [1.29, 1.82) is 0 Å². The Labute approximate surface area is 134 Å². The van der Waals surface area contributed by atoms with Gasteiger partial charge in [0, 0.05) is 11.1 Å². The van der Waals surface area contributed by atoms with Crippen molar-refractivity contribution in [2.75, 3.05) is 0 Å². The van der Waals surface area contributed by atoms with Gasteiger partial charge in [-0.15, -0.1) is 0 Å². The highest BCUT2D eigenvalue weighted by molar-refractivity contribution is 5.78. The molecule has 2 rings (SSSR count). The summed E-state index contributed by atoms with van der Waals surface area (Å²) in [5, 5.41) is 17.7. The summed E-state index contributed by atoms with van der Waals surface area (Å²) < 4.78 is 0. The van der Waals surface area contributed by atoms with Crippen LogP contribution in [0.15, 0.2) is 48.5 Å². The van der Waals surface area contributed by atoms with Crippen LogP contribution in [0.5, 0.6) is 11.5 Å². The van der Waals surface area contributed by atoms with Gasteiger partial charge in [0.05, 0.1) is 0 Å². The summed E-state index contributed by atoms with van der Waals surface area (Å²) in [6.07, 6.45) is 0.731. The fourth-order valence-electron chi connectivity index (χ4n) is 1.20. The van der Waals surface area contributed by atoms with Crippen molar-refractivity contribution in [1.82, 2.24) is 0 Å². The highest BCUT2D eigenvalue weighted by Crippen LogP contribution is 2.17. The monoisotopic (exact) mass is 320 g/mol. The molecular formula is C16H20N2O5. The molecular weight excluding hydrogens is 300 g/mol. The van der Waals surface area contributed by atoms with Crippen LogP contribution in [-0.2, 0) is 4.79 Å². The average molecular weight is 320 g/mol. The lowest BCUT2D eigenvalue weighted by Gasteiger charge is -1.98. The maximum Gasteiger partial charge on any atom is 0.309 e. The van der Waals surface area contributed by atoms with Gasteiger partial charge in [0.1, 0.15) is 24.6 Å². The third kappa shape index (κ3) is 12.1. The molecule has 0 aliphatic heterocycles. The molecule has 0 fully saturated rings. The van der Waals surface area contributed by atoms with Gasteiger partial charge < -0.3 is 26.5 Å². The molecule has 0 aromatic heterocycles. The Morgan fingerprint density at radius 1 is 1.00 bits per heavy atom. The van der Waals surface area contributed by atoms with E-state index in [2.05, 4.69) is 11.5 Å². The minimum atomic E-state index is -0.833. The standard InChI is InChI=1S/C8H8O2.C6H6O.CH4N2O.CH2O/c1-6-7(5-9)3-2-4-8(6)10;7-6-4-2-1-3-5-6;2-1(3)4;1-2/h2-5,10H,1H3;1-5,7H;(H4,2,3,4);1H2. The smallest absolute Gasteiger partial charge is 0.309 e. The quantitative estimate of drug-likeness (QED) is 0.592. The minimum absolute atomic E-state index is 0.171. The number of hydrogen-bond acceptors (Lipinski definition) is 5. The first kappa shape index (κ1) is 21.9. The second-order valence-electron chi connectivity index (χ2n) is 3.85. The van der Waals surface area contributed by atoms with Crippen LogP contribution in [-0.4, -0.2) is 29.3 Å². The number of aromatic hydroxyl groups is 2. The number of para-hydroxylation sites is 1. The van der Waals surface area contributed by atoms with E-state index < -0.39 is 6.03 Å². The van der Waals surface area contributed by atoms with Gasteiger partial charge in [-0.2, -0.15) is 0 Å². The lowest BCUT2D eigenvalue weighted by atomic mass is 10.1. The van der Waals surface area contributed by atoms with Crippen molar-refractivity contribution in [3.8, 4) is 11.5 Å². The summed E-state index contributed by atoms with van der Waals surface area (Å²) in [5.74, 6) is 0.493. The first-order valence-corrected chi connectivity index (χ1v) is 6.20. The lowest BCUT2D eigenvalue weighted by molar-refractivity contribution is -0.0980. The molecule has 124 valence electrons. The van der Waals surface area contributed by atoms with E-state index in [9.17, 15) is 4.79 Å². The fourth-order valence-corrected chi connectivity index (χ4v) is 1.20. The third-order valence-electron chi connectivity index (χ3n) is 2.23. The number of hydrogen-bond donors (Lipinski definition) is 4. The van der Waals surface area contributed by atoms with Gasteiger partial charge in [-0.05, 0) is 25.1 Å². The number of nitrogens with two attached hydrogens (primary N) is 2. The third-order valence-corrected chi connectivity index (χ3v) is 2.23. The second-order valence-corrected chi connectivity index (χ2v) is 3.85. The van der Waals surface area contributed by atoms with Crippen molar-refractivity contribution in [3.05, 3.63) is 59.7 Å². The molecule has 0 atom stereocenters. The van der Waals surface area contributed by atoms with E-state index in [1.807, 2.05) is 12.9 Å². The molecule has 0 saturated heterocycles. The summed E-state index contributed by atoms with van der Waals surface area (Å²) in [6, 6.07) is 12.8. The van der Waals surface area contributed by atoms with Gasteiger partial charge in [0.15, 0.2) is 0 Å². The molecule has 0 radical (unpaired) electrons. The van der Waals surface area contributed by atoms with Gasteiger partial charge in [0.2, 0.25) is 0 Å². The number of phenols is 2. The second kappa shape index (κ2) is 13.6. The SMILES string of the molecule is C=O.Cc1c(O)cccc1C=O.NC(N)=O.Oc1ccccc1. The maximum atomic E-state index is 10.3. The fraction of sp³-hybridized carbons (Fsp3) is 0.0625. The van der Waals surface area contributed by atoms with Gasteiger partial charge in [0.25, 0.3) is 0 Å². The van der Waals surface area contributed by atoms with E-state index in [1.54, 1.807) is 49.4 Å². The molecule has 6 N–H and O–H groups in total. The summed E-state index contributed by atoms with van der Waals surface area (Å²) in [6.45, 7) is 3.71.